The van der Waals surface area contributed by atoms with Crippen LogP contribution in [0.5, 0.6) is 0 Å². The molecular formula is C20H31ClIN7. The van der Waals surface area contributed by atoms with E-state index in [1.54, 1.807) is 0 Å². The Bertz CT molecular complexity index is 791. The first kappa shape index (κ1) is 23.9. The van der Waals surface area contributed by atoms with Crippen LogP contribution < -0.4 is 10.6 Å². The number of aryl methyl sites for hydroxylation is 1. The lowest BCUT2D eigenvalue weighted by molar-refractivity contribution is 0.267. The first-order valence-electron chi connectivity index (χ1n) is 9.92. The monoisotopic (exact) mass is 531 g/mol. The Morgan fingerprint density at radius 1 is 1.24 bits per heavy atom. The summed E-state index contributed by atoms with van der Waals surface area (Å²) in [7, 11) is 1.97. The zero-order valence-corrected chi connectivity index (χ0v) is 20.4. The number of aromatic nitrogens is 3. The summed E-state index contributed by atoms with van der Waals surface area (Å²) >= 11 is 5.98. The summed E-state index contributed by atoms with van der Waals surface area (Å²) in [6.45, 7) is 8.50. The van der Waals surface area contributed by atoms with E-state index in [4.69, 9.17) is 16.6 Å². The van der Waals surface area contributed by atoms with E-state index in [9.17, 15) is 0 Å². The van der Waals surface area contributed by atoms with Crippen LogP contribution >= 0.6 is 35.6 Å². The van der Waals surface area contributed by atoms with E-state index in [2.05, 4.69) is 32.7 Å². The Balaban J connectivity index is 0.00000300. The molecule has 1 unspecified atom stereocenters. The summed E-state index contributed by atoms with van der Waals surface area (Å²) in [6, 6.07) is 8.36. The molecule has 0 saturated carbocycles. The molecule has 1 aliphatic rings. The van der Waals surface area contributed by atoms with Crippen molar-refractivity contribution in [1.29, 1.82) is 0 Å². The van der Waals surface area contributed by atoms with E-state index in [1.165, 1.54) is 19.4 Å². The predicted molar refractivity (Wildman–Crippen MR) is 129 cm³/mol. The van der Waals surface area contributed by atoms with Crippen molar-refractivity contribution < 1.29 is 0 Å². The van der Waals surface area contributed by atoms with Crippen LogP contribution in [-0.2, 0) is 20.1 Å². The zero-order chi connectivity index (χ0) is 19.9. The second kappa shape index (κ2) is 11.7. The van der Waals surface area contributed by atoms with Crippen molar-refractivity contribution in [2.45, 2.75) is 45.8 Å². The zero-order valence-electron chi connectivity index (χ0n) is 17.4. The van der Waals surface area contributed by atoms with Crippen LogP contribution in [0.25, 0.3) is 0 Å². The summed E-state index contributed by atoms with van der Waals surface area (Å²) in [5.74, 6) is 2.57. The lowest BCUT2D eigenvalue weighted by Gasteiger charge is -2.24. The number of guanidine groups is 1. The van der Waals surface area contributed by atoms with Crippen molar-refractivity contribution in [2.24, 2.45) is 12.0 Å². The van der Waals surface area contributed by atoms with Gasteiger partial charge in [0.2, 0.25) is 0 Å². The third-order valence-electron chi connectivity index (χ3n) is 5.34. The van der Waals surface area contributed by atoms with Gasteiger partial charge in [0.15, 0.2) is 11.8 Å². The number of halogens is 2. The molecule has 2 heterocycles. The minimum Gasteiger partial charge on any atom is -0.355 e. The Kier molecular flexibility index (Phi) is 9.64. The molecule has 9 heteroatoms. The highest BCUT2D eigenvalue weighted by atomic mass is 127. The van der Waals surface area contributed by atoms with Gasteiger partial charge in [0.1, 0.15) is 5.82 Å². The fraction of sp³-hybridized carbons (Fsp3) is 0.550. The number of likely N-dealkylation sites (tertiary alicyclic amines) is 1. The third-order valence-corrected chi connectivity index (χ3v) is 5.59. The average Bonchev–Trinajstić information content (AvgIpc) is 3.29. The van der Waals surface area contributed by atoms with Gasteiger partial charge >= 0.3 is 0 Å². The van der Waals surface area contributed by atoms with Gasteiger partial charge in [0.25, 0.3) is 0 Å². The molecule has 0 radical (unpaired) electrons. The molecular weight excluding hydrogens is 501 g/mol. The molecule has 0 bridgehead atoms. The van der Waals surface area contributed by atoms with Gasteiger partial charge in [-0.1, -0.05) is 30.7 Å². The van der Waals surface area contributed by atoms with E-state index in [1.807, 2.05) is 42.8 Å². The highest BCUT2D eigenvalue weighted by molar-refractivity contribution is 14.0. The minimum atomic E-state index is 0. The Hall–Kier alpha value is -1.39. The molecule has 1 saturated heterocycles. The molecule has 1 atom stereocenters. The molecule has 0 spiro atoms. The van der Waals surface area contributed by atoms with Gasteiger partial charge in [0, 0.05) is 24.7 Å². The maximum Gasteiger partial charge on any atom is 0.192 e. The highest BCUT2D eigenvalue weighted by Crippen LogP contribution is 2.15. The topological polar surface area (TPSA) is 70.4 Å². The first-order valence-corrected chi connectivity index (χ1v) is 10.3. The van der Waals surface area contributed by atoms with E-state index in [0.29, 0.717) is 19.1 Å². The van der Waals surface area contributed by atoms with E-state index >= 15 is 0 Å². The molecule has 7 nitrogen and oxygen atoms in total. The molecule has 1 aromatic heterocycles. The molecule has 2 aromatic rings. The van der Waals surface area contributed by atoms with Gasteiger partial charge in [-0.2, -0.15) is 0 Å². The second-order valence-corrected chi connectivity index (χ2v) is 7.61. The fourth-order valence-electron chi connectivity index (χ4n) is 3.46. The number of rotatable bonds is 7. The molecule has 29 heavy (non-hydrogen) atoms. The maximum absolute atomic E-state index is 5.98. The SMILES string of the molecule is CCN1CCCC1CNC(=NCc1ccc(Cl)cc1)NCc1nnc(C)n1C.I. The van der Waals surface area contributed by atoms with Crippen LogP contribution in [0, 0.1) is 6.92 Å². The molecule has 1 aromatic carbocycles. The van der Waals surface area contributed by atoms with Gasteiger partial charge in [0.05, 0.1) is 13.1 Å². The second-order valence-electron chi connectivity index (χ2n) is 7.17. The Morgan fingerprint density at radius 3 is 2.66 bits per heavy atom. The quantitative estimate of drug-likeness (QED) is 0.326. The number of aliphatic imine (C=N–C) groups is 1. The van der Waals surface area contributed by atoms with Crippen LogP contribution in [0.2, 0.25) is 5.02 Å². The summed E-state index contributed by atoms with van der Waals surface area (Å²) in [6.07, 6.45) is 2.50. The fourth-order valence-corrected chi connectivity index (χ4v) is 3.59. The van der Waals surface area contributed by atoms with E-state index in [0.717, 1.165) is 41.3 Å². The first-order chi connectivity index (χ1) is 13.6. The van der Waals surface area contributed by atoms with Crippen molar-refractivity contribution in [3.63, 3.8) is 0 Å². The summed E-state index contributed by atoms with van der Waals surface area (Å²) in [5.41, 5.74) is 1.12. The van der Waals surface area contributed by atoms with Gasteiger partial charge < -0.3 is 15.2 Å². The number of benzene rings is 1. The van der Waals surface area contributed by atoms with E-state index in [-0.39, 0.29) is 24.0 Å². The van der Waals surface area contributed by atoms with E-state index < -0.39 is 0 Å². The van der Waals surface area contributed by atoms with Crippen LogP contribution in [0.1, 0.15) is 37.0 Å². The molecule has 0 amide bonds. The molecule has 3 rings (SSSR count). The normalized spacial score (nSPS) is 17.2. The van der Waals surface area contributed by atoms with Gasteiger partial charge in [-0.25, -0.2) is 4.99 Å². The number of hydrogen-bond donors (Lipinski definition) is 2. The summed E-state index contributed by atoms with van der Waals surface area (Å²) < 4.78 is 1.99. The van der Waals surface area contributed by atoms with Crippen LogP contribution in [0.3, 0.4) is 0 Å². The van der Waals surface area contributed by atoms with Crippen LogP contribution in [0.15, 0.2) is 29.3 Å². The van der Waals surface area contributed by atoms with Crippen molar-refractivity contribution in [3.8, 4) is 0 Å². The molecule has 2 N–H and O–H groups in total. The lowest BCUT2D eigenvalue weighted by atomic mass is 10.2. The number of nitrogens with zero attached hydrogens (tertiary/aromatic N) is 5. The smallest absolute Gasteiger partial charge is 0.192 e. The minimum absolute atomic E-state index is 0. The molecule has 0 aliphatic carbocycles. The summed E-state index contributed by atoms with van der Waals surface area (Å²) in [5, 5.41) is 16.0. The molecule has 1 fully saturated rings. The van der Waals surface area contributed by atoms with Crippen LogP contribution in [0.4, 0.5) is 0 Å². The lowest BCUT2D eigenvalue weighted by Crippen LogP contribution is -2.44. The molecule has 1 aliphatic heterocycles. The third kappa shape index (κ3) is 6.82. The average molecular weight is 532 g/mol. The Labute approximate surface area is 195 Å². The largest absolute Gasteiger partial charge is 0.355 e. The Morgan fingerprint density at radius 2 is 2.00 bits per heavy atom. The van der Waals surface area contributed by atoms with Gasteiger partial charge in [-0.3, -0.25) is 4.90 Å². The van der Waals surface area contributed by atoms with Gasteiger partial charge in [-0.05, 0) is 50.6 Å². The highest BCUT2D eigenvalue weighted by Gasteiger charge is 2.22. The maximum atomic E-state index is 5.98. The van der Waals surface area contributed by atoms with Gasteiger partial charge in [-0.15, -0.1) is 34.2 Å². The van der Waals surface area contributed by atoms with Crippen molar-refractivity contribution in [2.75, 3.05) is 19.6 Å². The van der Waals surface area contributed by atoms with Crippen molar-refractivity contribution in [3.05, 3.63) is 46.5 Å². The number of nitrogens with one attached hydrogen (secondary N) is 2. The van der Waals surface area contributed by atoms with Crippen molar-refractivity contribution >= 4 is 41.5 Å². The number of hydrogen-bond acceptors (Lipinski definition) is 4. The standard InChI is InChI=1S/C20H30ClN7.HI/c1-4-28-11-5-6-18(28)13-23-20(22-12-16-7-9-17(21)10-8-16)24-14-19-26-25-15(2)27(19)3;/h7-10,18H,4-6,11-14H2,1-3H3,(H2,22,23,24);1H. The number of likely N-dealkylation sites (N-methyl/N-ethyl adjacent to an activating group) is 1. The van der Waals surface area contributed by atoms with Crippen molar-refractivity contribution in [1.82, 2.24) is 30.3 Å². The predicted octanol–water partition coefficient (Wildman–Crippen LogP) is 3.11. The van der Waals surface area contributed by atoms with Crippen LogP contribution in [-0.4, -0.2) is 51.3 Å². The summed E-state index contributed by atoms with van der Waals surface area (Å²) in [4.78, 5) is 7.29. The molecule has 160 valence electrons.